The normalized spacial score (nSPS) is 24.4. The van der Waals surface area contributed by atoms with Crippen molar-refractivity contribution in [1.82, 2.24) is 0 Å². The van der Waals surface area contributed by atoms with Crippen LogP contribution in [-0.2, 0) is 5.41 Å². The third-order valence-corrected chi connectivity index (χ3v) is 6.22. The molecule has 2 nitrogen and oxygen atoms in total. The highest BCUT2D eigenvalue weighted by atomic mass is 16.3. The molecule has 1 aromatic rings. The molecular weight excluding hydrogens is 308 g/mol. The van der Waals surface area contributed by atoms with Gasteiger partial charge in [-0.05, 0) is 66.9 Å². The van der Waals surface area contributed by atoms with Gasteiger partial charge in [-0.25, -0.2) is 0 Å². The molecule has 2 heteroatoms. The van der Waals surface area contributed by atoms with E-state index in [0.717, 1.165) is 32.1 Å². The van der Waals surface area contributed by atoms with Crippen LogP contribution in [0.2, 0.25) is 0 Å². The number of aliphatic hydroxyl groups excluding tert-OH is 2. The van der Waals surface area contributed by atoms with Crippen molar-refractivity contribution >= 4 is 0 Å². The SMILES string of the molecule is CCCCCC(C)(C)c1ccc([C@@H]2C[C@H](O)CC[C@H]2CCCO)cc1. The second kappa shape index (κ2) is 9.73. The minimum absolute atomic E-state index is 0.166. The van der Waals surface area contributed by atoms with E-state index < -0.39 is 0 Å². The molecule has 0 aliphatic heterocycles. The van der Waals surface area contributed by atoms with Crippen molar-refractivity contribution in [3.63, 3.8) is 0 Å². The van der Waals surface area contributed by atoms with Gasteiger partial charge < -0.3 is 10.2 Å². The first-order valence-corrected chi connectivity index (χ1v) is 10.4. The fourth-order valence-corrected chi connectivity index (χ4v) is 4.46. The molecule has 0 heterocycles. The first-order chi connectivity index (χ1) is 12.0. The summed E-state index contributed by atoms with van der Waals surface area (Å²) in [5.74, 6) is 1.03. The Morgan fingerprint density at radius 2 is 1.76 bits per heavy atom. The van der Waals surface area contributed by atoms with Crippen molar-refractivity contribution in [2.45, 2.75) is 96.0 Å². The molecule has 0 spiro atoms. The van der Waals surface area contributed by atoms with Crippen LogP contribution in [-0.4, -0.2) is 22.9 Å². The summed E-state index contributed by atoms with van der Waals surface area (Å²) in [6, 6.07) is 9.22. The molecule has 2 N–H and O–H groups in total. The third-order valence-electron chi connectivity index (χ3n) is 6.22. The Balaban J connectivity index is 2.08. The molecule has 1 aromatic carbocycles. The maximum absolute atomic E-state index is 10.1. The smallest absolute Gasteiger partial charge is 0.0546 e. The van der Waals surface area contributed by atoms with E-state index in [9.17, 15) is 10.2 Å². The Kier molecular flexibility index (Phi) is 7.96. The first-order valence-electron chi connectivity index (χ1n) is 10.4. The maximum Gasteiger partial charge on any atom is 0.0546 e. The second-order valence-corrected chi connectivity index (χ2v) is 8.66. The van der Waals surface area contributed by atoms with Crippen molar-refractivity contribution in [3.8, 4) is 0 Å². The van der Waals surface area contributed by atoms with Crippen LogP contribution < -0.4 is 0 Å². The highest BCUT2D eigenvalue weighted by Crippen LogP contribution is 2.41. The molecule has 1 saturated carbocycles. The first kappa shape index (κ1) is 20.5. The minimum atomic E-state index is -0.166. The zero-order chi connectivity index (χ0) is 18.3. The lowest BCUT2D eigenvalue weighted by atomic mass is 9.72. The molecule has 0 unspecified atom stereocenters. The van der Waals surface area contributed by atoms with Gasteiger partial charge in [-0.3, -0.25) is 0 Å². The number of hydrogen-bond acceptors (Lipinski definition) is 2. The molecule has 0 aromatic heterocycles. The van der Waals surface area contributed by atoms with Crippen molar-refractivity contribution < 1.29 is 10.2 Å². The predicted molar refractivity (Wildman–Crippen MR) is 106 cm³/mol. The maximum atomic E-state index is 10.1. The summed E-state index contributed by atoms with van der Waals surface area (Å²) in [7, 11) is 0. The van der Waals surface area contributed by atoms with Crippen molar-refractivity contribution in [2.75, 3.05) is 6.61 Å². The molecule has 1 aliphatic carbocycles. The zero-order valence-corrected chi connectivity index (χ0v) is 16.5. The van der Waals surface area contributed by atoms with E-state index in [1.54, 1.807) is 0 Å². The number of rotatable bonds is 9. The van der Waals surface area contributed by atoms with Gasteiger partial charge in [-0.15, -0.1) is 0 Å². The zero-order valence-electron chi connectivity index (χ0n) is 16.5. The molecule has 142 valence electrons. The van der Waals surface area contributed by atoms with Gasteiger partial charge in [0, 0.05) is 6.61 Å². The van der Waals surface area contributed by atoms with Gasteiger partial charge >= 0.3 is 0 Å². The monoisotopic (exact) mass is 346 g/mol. The predicted octanol–water partition coefficient (Wildman–Crippen LogP) is 5.56. The van der Waals surface area contributed by atoms with Gasteiger partial charge in [0.25, 0.3) is 0 Å². The summed E-state index contributed by atoms with van der Waals surface area (Å²) in [6.45, 7) is 7.24. The summed E-state index contributed by atoms with van der Waals surface area (Å²) in [5, 5.41) is 19.3. The topological polar surface area (TPSA) is 40.5 Å². The van der Waals surface area contributed by atoms with E-state index in [0.29, 0.717) is 11.8 Å². The van der Waals surface area contributed by atoms with Gasteiger partial charge in [0.15, 0.2) is 0 Å². The largest absolute Gasteiger partial charge is 0.396 e. The number of unbranched alkanes of at least 4 members (excludes halogenated alkanes) is 2. The van der Waals surface area contributed by atoms with Crippen molar-refractivity contribution in [2.24, 2.45) is 5.92 Å². The average Bonchev–Trinajstić information content (AvgIpc) is 2.61. The van der Waals surface area contributed by atoms with Gasteiger partial charge in [0.2, 0.25) is 0 Å². The van der Waals surface area contributed by atoms with Gasteiger partial charge in [0.1, 0.15) is 0 Å². The Hall–Kier alpha value is -0.860. The Morgan fingerprint density at radius 1 is 1.04 bits per heavy atom. The fraction of sp³-hybridized carbons (Fsp3) is 0.739. The highest BCUT2D eigenvalue weighted by Gasteiger charge is 2.30. The van der Waals surface area contributed by atoms with Crippen LogP contribution in [0.25, 0.3) is 0 Å². The minimum Gasteiger partial charge on any atom is -0.396 e. The lowest BCUT2D eigenvalue weighted by molar-refractivity contribution is 0.0885. The standard InChI is InChI=1S/C23H38O2/c1-4-5-6-15-23(2,3)20-12-9-19(10-13-20)22-17-21(25)14-11-18(22)8-7-16-24/h9-10,12-13,18,21-22,24-25H,4-8,11,14-17H2,1-3H3/t18-,21-,22-/m1/s1. The van der Waals surface area contributed by atoms with Crippen LogP contribution in [0.4, 0.5) is 0 Å². The second-order valence-electron chi connectivity index (χ2n) is 8.66. The van der Waals surface area contributed by atoms with Crippen LogP contribution >= 0.6 is 0 Å². The Labute approximate surface area is 154 Å². The highest BCUT2D eigenvalue weighted by molar-refractivity contribution is 5.30. The molecule has 0 bridgehead atoms. The Bertz CT molecular complexity index is 489. The quantitative estimate of drug-likeness (QED) is 0.575. The van der Waals surface area contributed by atoms with Crippen LogP contribution in [0.3, 0.4) is 0 Å². The molecule has 0 amide bonds. The molecule has 25 heavy (non-hydrogen) atoms. The average molecular weight is 347 g/mol. The number of benzene rings is 1. The van der Waals surface area contributed by atoms with E-state index in [1.165, 1.54) is 36.8 Å². The molecule has 0 saturated heterocycles. The molecule has 3 atom stereocenters. The molecule has 0 radical (unpaired) electrons. The molecule has 1 fully saturated rings. The van der Waals surface area contributed by atoms with E-state index >= 15 is 0 Å². The number of aliphatic hydroxyl groups is 2. The summed E-state index contributed by atoms with van der Waals surface area (Å²) in [4.78, 5) is 0. The van der Waals surface area contributed by atoms with Crippen LogP contribution in [0, 0.1) is 5.92 Å². The lowest BCUT2D eigenvalue weighted by Gasteiger charge is -2.35. The van der Waals surface area contributed by atoms with E-state index in [-0.39, 0.29) is 18.1 Å². The third kappa shape index (κ3) is 5.82. The van der Waals surface area contributed by atoms with Gasteiger partial charge in [-0.2, -0.15) is 0 Å². The summed E-state index contributed by atoms with van der Waals surface area (Å²) in [6.07, 6.45) is 9.76. The molecular formula is C23H38O2. The van der Waals surface area contributed by atoms with Crippen molar-refractivity contribution in [1.29, 1.82) is 0 Å². The van der Waals surface area contributed by atoms with Crippen LogP contribution in [0.5, 0.6) is 0 Å². The van der Waals surface area contributed by atoms with Gasteiger partial charge in [-0.1, -0.05) is 64.3 Å². The fourth-order valence-electron chi connectivity index (χ4n) is 4.46. The van der Waals surface area contributed by atoms with Crippen LogP contribution in [0.1, 0.15) is 95.6 Å². The Morgan fingerprint density at radius 3 is 2.40 bits per heavy atom. The molecule has 1 aliphatic rings. The summed E-state index contributed by atoms with van der Waals surface area (Å²) >= 11 is 0. The van der Waals surface area contributed by atoms with E-state index in [2.05, 4.69) is 45.0 Å². The van der Waals surface area contributed by atoms with E-state index in [4.69, 9.17) is 0 Å². The van der Waals surface area contributed by atoms with Crippen molar-refractivity contribution in [3.05, 3.63) is 35.4 Å². The molecule has 2 rings (SSSR count). The number of hydrogen-bond donors (Lipinski definition) is 2. The lowest BCUT2D eigenvalue weighted by Crippen LogP contribution is -2.27. The van der Waals surface area contributed by atoms with E-state index in [1.807, 2.05) is 0 Å². The summed E-state index contributed by atoms with van der Waals surface area (Å²) in [5.41, 5.74) is 3.03. The summed E-state index contributed by atoms with van der Waals surface area (Å²) < 4.78 is 0. The van der Waals surface area contributed by atoms with Gasteiger partial charge in [0.05, 0.1) is 6.10 Å². The van der Waals surface area contributed by atoms with Crippen LogP contribution in [0.15, 0.2) is 24.3 Å².